The van der Waals surface area contributed by atoms with Gasteiger partial charge in [-0.1, -0.05) is 24.3 Å². The van der Waals surface area contributed by atoms with Gasteiger partial charge in [-0.05, 0) is 25.0 Å². The van der Waals surface area contributed by atoms with Crippen molar-refractivity contribution < 1.29 is 3.89 Å². The van der Waals surface area contributed by atoms with E-state index in [-0.39, 0.29) is 12.1 Å². The van der Waals surface area contributed by atoms with Crippen molar-refractivity contribution in [3.05, 3.63) is 35.4 Å². The first kappa shape index (κ1) is 9.55. The first-order valence-corrected chi connectivity index (χ1v) is 4.44. The fraction of sp³-hybridized carbons (Fsp3) is 0.333. The van der Waals surface area contributed by atoms with Crippen molar-refractivity contribution in [1.29, 1.82) is 0 Å². The summed E-state index contributed by atoms with van der Waals surface area (Å²) >= 11 is 0.172. The quantitative estimate of drug-likeness (QED) is 0.717. The minimum Gasteiger partial charge on any atom is -0.311 e. The second-order valence-electron chi connectivity index (χ2n) is 3.00. The Morgan fingerprint density at radius 3 is 2.50 bits per heavy atom. The number of rotatable bonds is 2. The molecule has 1 rings (SSSR count). The molecule has 0 spiro atoms. The Morgan fingerprint density at radius 2 is 2.00 bits per heavy atom. The molecule has 0 heterocycles. The van der Waals surface area contributed by atoms with E-state index in [1.807, 2.05) is 31.2 Å². The van der Waals surface area contributed by atoms with Crippen LogP contribution in [0.5, 0.6) is 0 Å². The van der Waals surface area contributed by atoms with Gasteiger partial charge in [0.15, 0.2) is 0 Å². The van der Waals surface area contributed by atoms with Gasteiger partial charge < -0.3 is 5.73 Å². The van der Waals surface area contributed by atoms with Crippen molar-refractivity contribution in [2.75, 3.05) is 0 Å². The maximum absolute atomic E-state index is 12.4. The van der Waals surface area contributed by atoms with E-state index in [4.69, 9.17) is 5.73 Å². The lowest BCUT2D eigenvalue weighted by Crippen LogP contribution is -2.28. The summed E-state index contributed by atoms with van der Waals surface area (Å²) in [5.74, 6) is 0. The molecule has 0 aromatic heterocycles. The summed E-state index contributed by atoms with van der Waals surface area (Å²) in [6, 6.07) is 7.56. The summed E-state index contributed by atoms with van der Waals surface area (Å²) < 4.78 is 12.4. The molecule has 0 radical (unpaired) electrons. The Labute approximate surface area is 76.5 Å². The molecule has 0 fully saturated rings. The fourth-order valence-electron chi connectivity index (χ4n) is 1.17. The van der Waals surface area contributed by atoms with Gasteiger partial charge in [0, 0.05) is 0 Å². The SMILES string of the molecule is Cc1ccccc1C(C)(N)SF. The van der Waals surface area contributed by atoms with Gasteiger partial charge in [-0.2, -0.15) is 3.89 Å². The van der Waals surface area contributed by atoms with E-state index in [2.05, 4.69) is 0 Å². The van der Waals surface area contributed by atoms with Crippen molar-refractivity contribution in [2.45, 2.75) is 18.7 Å². The molecule has 1 aromatic rings. The highest BCUT2D eigenvalue weighted by Gasteiger charge is 2.23. The molecule has 0 saturated heterocycles. The Bertz CT molecular complexity index is 273. The molecular formula is C9H12FNS. The van der Waals surface area contributed by atoms with Crippen LogP contribution in [0.2, 0.25) is 0 Å². The zero-order valence-electron chi connectivity index (χ0n) is 7.17. The van der Waals surface area contributed by atoms with Gasteiger partial charge in [0.2, 0.25) is 0 Å². The van der Waals surface area contributed by atoms with E-state index in [0.717, 1.165) is 11.1 Å². The van der Waals surface area contributed by atoms with E-state index < -0.39 is 4.87 Å². The monoisotopic (exact) mass is 185 g/mol. The molecule has 1 aromatic carbocycles. The summed E-state index contributed by atoms with van der Waals surface area (Å²) in [7, 11) is 0. The molecular weight excluding hydrogens is 173 g/mol. The molecule has 1 nitrogen and oxygen atoms in total. The highest BCUT2D eigenvalue weighted by molar-refractivity contribution is 7.95. The molecule has 0 aliphatic carbocycles. The van der Waals surface area contributed by atoms with Gasteiger partial charge in [0.05, 0.1) is 12.1 Å². The van der Waals surface area contributed by atoms with Crippen molar-refractivity contribution >= 4 is 12.1 Å². The van der Waals surface area contributed by atoms with Gasteiger partial charge >= 0.3 is 0 Å². The van der Waals surface area contributed by atoms with E-state index in [9.17, 15) is 3.89 Å². The topological polar surface area (TPSA) is 26.0 Å². The average Bonchev–Trinajstić information content (AvgIpc) is 2.05. The maximum Gasteiger partial charge on any atom is 0.117 e. The third-order valence-electron chi connectivity index (χ3n) is 1.84. The summed E-state index contributed by atoms with van der Waals surface area (Å²) in [6.07, 6.45) is 0. The first-order valence-electron chi connectivity index (χ1n) is 3.72. The molecule has 0 bridgehead atoms. The van der Waals surface area contributed by atoms with Crippen LogP contribution in [0, 0.1) is 6.92 Å². The molecule has 1 atom stereocenters. The summed E-state index contributed by atoms with van der Waals surface area (Å²) in [6.45, 7) is 3.59. The van der Waals surface area contributed by atoms with E-state index in [1.165, 1.54) is 0 Å². The summed E-state index contributed by atoms with van der Waals surface area (Å²) in [4.78, 5) is -0.925. The standard InChI is InChI=1S/C9H12FNS/c1-7-5-3-4-6-8(7)9(2,11)12-10/h3-6H,11H2,1-2H3. The van der Waals surface area contributed by atoms with Gasteiger partial charge in [0.25, 0.3) is 0 Å². The van der Waals surface area contributed by atoms with Crippen molar-refractivity contribution in [2.24, 2.45) is 5.73 Å². The van der Waals surface area contributed by atoms with Crippen LogP contribution in [0.1, 0.15) is 18.1 Å². The molecule has 12 heavy (non-hydrogen) atoms. The highest BCUT2D eigenvalue weighted by atomic mass is 32.2. The number of hydrogen-bond acceptors (Lipinski definition) is 2. The Balaban J connectivity index is 3.10. The van der Waals surface area contributed by atoms with Crippen LogP contribution in [0.4, 0.5) is 3.89 Å². The predicted molar refractivity (Wildman–Crippen MR) is 51.4 cm³/mol. The zero-order chi connectivity index (χ0) is 9.19. The van der Waals surface area contributed by atoms with Crippen LogP contribution in [-0.4, -0.2) is 0 Å². The zero-order valence-corrected chi connectivity index (χ0v) is 7.99. The van der Waals surface area contributed by atoms with Crippen LogP contribution < -0.4 is 5.73 Å². The van der Waals surface area contributed by atoms with Crippen LogP contribution in [-0.2, 0) is 4.87 Å². The largest absolute Gasteiger partial charge is 0.311 e. The van der Waals surface area contributed by atoms with Gasteiger partial charge in [-0.3, -0.25) is 0 Å². The fourth-order valence-corrected chi connectivity index (χ4v) is 1.48. The third kappa shape index (κ3) is 1.79. The Morgan fingerprint density at radius 1 is 1.42 bits per heavy atom. The van der Waals surface area contributed by atoms with Crippen LogP contribution in [0.25, 0.3) is 0 Å². The van der Waals surface area contributed by atoms with Crippen molar-refractivity contribution in [3.63, 3.8) is 0 Å². The number of hydrogen-bond donors (Lipinski definition) is 1. The average molecular weight is 185 g/mol. The molecule has 2 N–H and O–H groups in total. The van der Waals surface area contributed by atoms with E-state index >= 15 is 0 Å². The summed E-state index contributed by atoms with van der Waals surface area (Å²) in [5, 5.41) is 0. The molecule has 0 saturated carbocycles. The third-order valence-corrected chi connectivity index (χ3v) is 2.38. The van der Waals surface area contributed by atoms with E-state index in [1.54, 1.807) is 6.92 Å². The van der Waals surface area contributed by atoms with Crippen molar-refractivity contribution in [1.82, 2.24) is 0 Å². The highest BCUT2D eigenvalue weighted by Crippen LogP contribution is 2.32. The molecule has 3 heteroatoms. The number of nitrogens with two attached hydrogens (primary N) is 1. The maximum atomic E-state index is 12.4. The molecule has 0 aliphatic heterocycles. The normalized spacial score (nSPS) is 15.7. The van der Waals surface area contributed by atoms with Gasteiger partial charge in [-0.15, -0.1) is 0 Å². The second kappa shape index (κ2) is 3.46. The van der Waals surface area contributed by atoms with Crippen LogP contribution in [0.3, 0.4) is 0 Å². The minimum atomic E-state index is -0.925. The number of benzene rings is 1. The minimum absolute atomic E-state index is 0.172. The molecule has 1 unspecified atom stereocenters. The van der Waals surface area contributed by atoms with Gasteiger partial charge in [0.1, 0.15) is 4.87 Å². The summed E-state index contributed by atoms with van der Waals surface area (Å²) in [5.41, 5.74) is 7.59. The Hall–Kier alpha value is -0.540. The first-order chi connectivity index (χ1) is 5.58. The smallest absolute Gasteiger partial charge is 0.117 e. The lowest BCUT2D eigenvalue weighted by atomic mass is 10.0. The van der Waals surface area contributed by atoms with Crippen LogP contribution >= 0.6 is 12.1 Å². The number of aryl methyl sites for hydroxylation is 1. The lowest BCUT2D eigenvalue weighted by molar-refractivity contribution is 0.700. The lowest BCUT2D eigenvalue weighted by Gasteiger charge is -2.21. The molecule has 66 valence electrons. The second-order valence-corrected chi connectivity index (χ2v) is 4.00. The molecule has 0 aliphatic rings. The predicted octanol–water partition coefficient (Wildman–Crippen LogP) is 2.74. The van der Waals surface area contributed by atoms with Crippen LogP contribution in [0.15, 0.2) is 24.3 Å². The van der Waals surface area contributed by atoms with Crippen molar-refractivity contribution in [3.8, 4) is 0 Å². The Kier molecular flexibility index (Phi) is 2.75. The number of halogens is 1. The van der Waals surface area contributed by atoms with Gasteiger partial charge in [-0.25, -0.2) is 0 Å². The van der Waals surface area contributed by atoms with E-state index in [0.29, 0.717) is 0 Å². The molecule has 0 amide bonds.